The normalized spacial score (nSPS) is 11.6. The minimum absolute atomic E-state index is 0.644. The van der Waals surface area contributed by atoms with Crippen molar-refractivity contribution < 1.29 is 4.74 Å². The van der Waals surface area contributed by atoms with Crippen molar-refractivity contribution in [2.24, 2.45) is 0 Å². The highest BCUT2D eigenvalue weighted by atomic mass is 16.5. The predicted octanol–water partition coefficient (Wildman–Crippen LogP) is 5.62. The number of rotatable bonds is 8. The molecule has 0 saturated carbocycles. The molecule has 0 unspecified atom stereocenters. The highest BCUT2D eigenvalue weighted by Crippen LogP contribution is 2.25. The van der Waals surface area contributed by atoms with Gasteiger partial charge in [0.2, 0.25) is 0 Å². The van der Waals surface area contributed by atoms with Gasteiger partial charge < -0.3 is 9.64 Å². The maximum atomic E-state index is 9.68. The molecule has 0 heterocycles. The molecule has 3 aromatic carbocycles. The highest BCUT2D eigenvalue weighted by Gasteiger charge is 2.05. The number of allylic oxidation sites excluding steroid dienone is 1. The van der Waals surface area contributed by atoms with E-state index in [1.807, 2.05) is 54.6 Å². The minimum atomic E-state index is 0.644. The highest BCUT2D eigenvalue weighted by molar-refractivity contribution is 5.98. The third-order valence-corrected chi connectivity index (χ3v) is 4.98. The molecule has 0 aromatic heterocycles. The Kier molecular flexibility index (Phi) is 6.84. The lowest BCUT2D eigenvalue weighted by molar-refractivity contribution is 0.223. The van der Waals surface area contributed by atoms with E-state index in [2.05, 4.69) is 43.0 Å². The second-order valence-corrected chi connectivity index (χ2v) is 6.64. The van der Waals surface area contributed by atoms with Crippen LogP contribution in [-0.4, -0.2) is 31.1 Å². The number of ether oxygens (including phenoxy) is 1. The van der Waals surface area contributed by atoms with Gasteiger partial charge in [-0.2, -0.15) is 5.26 Å². The summed E-state index contributed by atoms with van der Waals surface area (Å²) in [6, 6.07) is 24.5. The van der Waals surface area contributed by atoms with Crippen LogP contribution in [0.25, 0.3) is 22.4 Å². The van der Waals surface area contributed by atoms with E-state index in [1.165, 1.54) is 5.39 Å². The minimum Gasteiger partial charge on any atom is -0.492 e. The molecular formula is C25H26N2O. The Bertz CT molecular complexity index is 974. The zero-order valence-electron chi connectivity index (χ0n) is 16.6. The van der Waals surface area contributed by atoms with E-state index in [-0.39, 0.29) is 0 Å². The van der Waals surface area contributed by atoms with Gasteiger partial charge >= 0.3 is 0 Å². The van der Waals surface area contributed by atoms with Gasteiger partial charge in [-0.05, 0) is 65.3 Å². The molecule has 0 amide bonds. The van der Waals surface area contributed by atoms with E-state index >= 15 is 0 Å². The van der Waals surface area contributed by atoms with E-state index < -0.39 is 0 Å². The van der Waals surface area contributed by atoms with Crippen LogP contribution in [0, 0.1) is 11.3 Å². The Balaban J connectivity index is 1.76. The summed E-state index contributed by atoms with van der Waals surface area (Å²) in [5.74, 6) is 0.832. The van der Waals surface area contributed by atoms with Crippen molar-refractivity contribution in [1.82, 2.24) is 4.90 Å². The van der Waals surface area contributed by atoms with Crippen LogP contribution < -0.4 is 4.74 Å². The van der Waals surface area contributed by atoms with Crippen molar-refractivity contribution in [3.05, 3.63) is 77.9 Å². The Morgan fingerprint density at radius 3 is 2.39 bits per heavy atom. The summed E-state index contributed by atoms with van der Waals surface area (Å²) in [5.41, 5.74) is 2.59. The molecule has 142 valence electrons. The van der Waals surface area contributed by atoms with Gasteiger partial charge in [0, 0.05) is 6.54 Å². The van der Waals surface area contributed by atoms with E-state index in [0.717, 1.165) is 41.9 Å². The first-order valence-corrected chi connectivity index (χ1v) is 9.80. The van der Waals surface area contributed by atoms with E-state index in [9.17, 15) is 5.26 Å². The third kappa shape index (κ3) is 4.79. The Hall–Kier alpha value is -3.09. The van der Waals surface area contributed by atoms with Crippen LogP contribution in [-0.2, 0) is 0 Å². The van der Waals surface area contributed by atoms with Crippen molar-refractivity contribution in [1.29, 1.82) is 5.26 Å². The topological polar surface area (TPSA) is 36.3 Å². The van der Waals surface area contributed by atoms with Gasteiger partial charge in [-0.3, -0.25) is 0 Å². The number of likely N-dealkylation sites (N-methyl/N-ethyl adjacent to an activating group) is 1. The molecule has 28 heavy (non-hydrogen) atoms. The molecule has 3 rings (SSSR count). The fraction of sp³-hybridized carbons (Fsp3) is 0.240. The van der Waals surface area contributed by atoms with Gasteiger partial charge in [0.15, 0.2) is 0 Å². The lowest BCUT2D eigenvalue weighted by Crippen LogP contribution is -2.27. The molecule has 0 radical (unpaired) electrons. The van der Waals surface area contributed by atoms with Crippen molar-refractivity contribution in [2.75, 3.05) is 26.2 Å². The quantitative estimate of drug-likeness (QED) is 0.381. The van der Waals surface area contributed by atoms with Crippen LogP contribution >= 0.6 is 0 Å². The molecule has 3 heteroatoms. The van der Waals surface area contributed by atoms with Crippen LogP contribution in [0.3, 0.4) is 0 Å². The largest absolute Gasteiger partial charge is 0.492 e. The lowest BCUT2D eigenvalue weighted by Gasteiger charge is -2.18. The molecular weight excluding hydrogens is 344 g/mol. The van der Waals surface area contributed by atoms with Crippen LogP contribution in [0.15, 0.2) is 66.7 Å². The molecule has 3 aromatic rings. The van der Waals surface area contributed by atoms with Crippen LogP contribution in [0.2, 0.25) is 0 Å². The number of hydrogen-bond donors (Lipinski definition) is 0. The first-order chi connectivity index (χ1) is 13.7. The first kappa shape index (κ1) is 19.7. The fourth-order valence-electron chi connectivity index (χ4n) is 3.28. The fourth-order valence-corrected chi connectivity index (χ4v) is 3.28. The maximum absolute atomic E-state index is 9.68. The summed E-state index contributed by atoms with van der Waals surface area (Å²) >= 11 is 0. The second kappa shape index (κ2) is 9.73. The summed E-state index contributed by atoms with van der Waals surface area (Å²) in [7, 11) is 0. The number of hydrogen-bond acceptors (Lipinski definition) is 3. The molecule has 0 aliphatic carbocycles. The van der Waals surface area contributed by atoms with Crippen LogP contribution in [0.5, 0.6) is 5.75 Å². The Labute approximate surface area is 167 Å². The summed E-state index contributed by atoms with van der Waals surface area (Å²) in [4.78, 5) is 2.33. The monoisotopic (exact) mass is 370 g/mol. The van der Waals surface area contributed by atoms with E-state index in [4.69, 9.17) is 4.74 Å². The van der Waals surface area contributed by atoms with Gasteiger partial charge in [-0.25, -0.2) is 0 Å². The summed E-state index contributed by atoms with van der Waals surface area (Å²) in [6.45, 7) is 7.96. The van der Waals surface area contributed by atoms with Crippen molar-refractivity contribution in [3.63, 3.8) is 0 Å². The molecule has 3 nitrogen and oxygen atoms in total. The second-order valence-electron chi connectivity index (χ2n) is 6.64. The molecule has 0 spiro atoms. The smallest absolute Gasteiger partial charge is 0.119 e. The van der Waals surface area contributed by atoms with E-state index in [0.29, 0.717) is 12.2 Å². The summed E-state index contributed by atoms with van der Waals surface area (Å²) in [5, 5.41) is 12.0. The molecule has 0 bridgehead atoms. The van der Waals surface area contributed by atoms with Crippen molar-refractivity contribution >= 4 is 22.4 Å². The standard InChI is InChI=1S/C25H26N2O/c1-3-27(4-2)16-17-28-24-14-12-20(13-15-24)23(19-26)18-22-10-7-9-21-8-5-6-11-25(21)22/h5-15,18H,3-4,16-17H2,1-2H3/b23-18+. The summed E-state index contributed by atoms with van der Waals surface area (Å²) in [6.07, 6.45) is 1.96. The number of nitrogens with zero attached hydrogens (tertiary/aromatic N) is 2. The Morgan fingerprint density at radius 1 is 0.964 bits per heavy atom. The molecule has 0 atom stereocenters. The molecule has 0 saturated heterocycles. The van der Waals surface area contributed by atoms with Gasteiger partial charge in [-0.15, -0.1) is 0 Å². The predicted molar refractivity (Wildman–Crippen MR) is 117 cm³/mol. The SMILES string of the molecule is CCN(CC)CCOc1ccc(/C(C#N)=C/c2cccc3ccccc23)cc1. The van der Waals surface area contributed by atoms with Crippen molar-refractivity contribution in [2.45, 2.75) is 13.8 Å². The van der Waals surface area contributed by atoms with Crippen LogP contribution in [0.1, 0.15) is 25.0 Å². The van der Waals surface area contributed by atoms with Gasteiger partial charge in [-0.1, -0.05) is 56.3 Å². The maximum Gasteiger partial charge on any atom is 0.119 e. The van der Waals surface area contributed by atoms with Crippen LogP contribution in [0.4, 0.5) is 0 Å². The number of benzene rings is 3. The number of nitriles is 1. The molecule has 0 aliphatic rings. The van der Waals surface area contributed by atoms with Gasteiger partial charge in [0.05, 0.1) is 11.6 Å². The van der Waals surface area contributed by atoms with Crippen molar-refractivity contribution in [3.8, 4) is 11.8 Å². The average Bonchev–Trinajstić information content (AvgIpc) is 2.76. The summed E-state index contributed by atoms with van der Waals surface area (Å²) < 4.78 is 5.84. The third-order valence-electron chi connectivity index (χ3n) is 4.98. The van der Waals surface area contributed by atoms with Gasteiger partial charge in [0.1, 0.15) is 12.4 Å². The Morgan fingerprint density at radius 2 is 1.68 bits per heavy atom. The first-order valence-electron chi connectivity index (χ1n) is 9.80. The molecule has 0 aliphatic heterocycles. The molecule has 0 N–H and O–H groups in total. The average molecular weight is 370 g/mol. The zero-order valence-corrected chi connectivity index (χ0v) is 16.6. The van der Waals surface area contributed by atoms with E-state index in [1.54, 1.807) is 0 Å². The molecule has 0 fully saturated rings. The number of fused-ring (bicyclic) bond motifs is 1. The lowest BCUT2D eigenvalue weighted by atomic mass is 9.99. The zero-order chi connectivity index (χ0) is 19.8. The van der Waals surface area contributed by atoms with Gasteiger partial charge in [0.25, 0.3) is 0 Å².